The predicted octanol–water partition coefficient (Wildman–Crippen LogP) is 1.97. The molecule has 1 aliphatic rings. The summed E-state index contributed by atoms with van der Waals surface area (Å²) in [6.07, 6.45) is 2.13. The van der Waals surface area contributed by atoms with Gasteiger partial charge in [0.2, 0.25) is 6.39 Å². The van der Waals surface area contributed by atoms with Crippen LogP contribution in [-0.4, -0.2) is 23.3 Å². The average Bonchev–Trinajstić information content (AvgIpc) is 2.94. The standard InChI is InChI=1S/C14H17N3O2/c1-10-8-18-12-5-3-2-4-11(12)14(10)15-7-6-13-16-9-19-17-13/h2-5,9-10,14-15H,6-8H2,1H3. The van der Waals surface area contributed by atoms with Crippen LogP contribution in [-0.2, 0) is 6.42 Å². The second-order valence-corrected chi connectivity index (χ2v) is 4.86. The van der Waals surface area contributed by atoms with E-state index in [2.05, 4.69) is 28.4 Å². The Balaban J connectivity index is 1.66. The molecule has 0 aliphatic carbocycles. The average molecular weight is 259 g/mol. The third kappa shape index (κ3) is 2.61. The highest BCUT2D eigenvalue weighted by molar-refractivity contribution is 5.37. The normalized spacial score (nSPS) is 21.7. The summed E-state index contributed by atoms with van der Waals surface area (Å²) in [5.74, 6) is 2.17. The Morgan fingerprint density at radius 1 is 1.37 bits per heavy atom. The molecule has 0 saturated heterocycles. The zero-order valence-corrected chi connectivity index (χ0v) is 10.9. The van der Waals surface area contributed by atoms with Crippen molar-refractivity contribution in [2.45, 2.75) is 19.4 Å². The summed E-state index contributed by atoms with van der Waals surface area (Å²) >= 11 is 0. The fourth-order valence-corrected chi connectivity index (χ4v) is 2.45. The number of para-hydroxylation sites is 1. The fourth-order valence-electron chi connectivity index (χ4n) is 2.45. The molecule has 0 radical (unpaired) electrons. The van der Waals surface area contributed by atoms with Gasteiger partial charge in [0.15, 0.2) is 5.82 Å². The summed E-state index contributed by atoms with van der Waals surface area (Å²) in [5, 5.41) is 7.38. The van der Waals surface area contributed by atoms with Gasteiger partial charge < -0.3 is 14.6 Å². The second-order valence-electron chi connectivity index (χ2n) is 4.86. The van der Waals surface area contributed by atoms with Crippen molar-refractivity contribution in [2.24, 2.45) is 5.92 Å². The van der Waals surface area contributed by atoms with E-state index >= 15 is 0 Å². The van der Waals surface area contributed by atoms with Crippen LogP contribution in [0.15, 0.2) is 35.2 Å². The molecule has 3 rings (SSSR count). The smallest absolute Gasteiger partial charge is 0.213 e. The number of hydrogen-bond donors (Lipinski definition) is 1. The second kappa shape index (κ2) is 5.40. The number of nitrogens with zero attached hydrogens (tertiary/aromatic N) is 2. The number of aromatic nitrogens is 2. The summed E-state index contributed by atoms with van der Waals surface area (Å²) in [7, 11) is 0. The van der Waals surface area contributed by atoms with Crippen molar-refractivity contribution in [3.63, 3.8) is 0 Å². The zero-order valence-electron chi connectivity index (χ0n) is 10.9. The van der Waals surface area contributed by atoms with Crippen LogP contribution in [0.2, 0.25) is 0 Å². The highest BCUT2D eigenvalue weighted by Crippen LogP contribution is 2.34. The van der Waals surface area contributed by atoms with Crippen LogP contribution in [0, 0.1) is 5.92 Å². The third-order valence-corrected chi connectivity index (χ3v) is 3.44. The highest BCUT2D eigenvalue weighted by Gasteiger charge is 2.26. The van der Waals surface area contributed by atoms with Gasteiger partial charge in [-0.05, 0) is 6.07 Å². The minimum atomic E-state index is 0.317. The summed E-state index contributed by atoms with van der Waals surface area (Å²) in [6, 6.07) is 8.52. The molecular formula is C14H17N3O2. The Kier molecular flexibility index (Phi) is 3.46. The number of fused-ring (bicyclic) bond motifs is 1. The van der Waals surface area contributed by atoms with Crippen molar-refractivity contribution in [1.82, 2.24) is 15.5 Å². The van der Waals surface area contributed by atoms with Gasteiger partial charge in [-0.15, -0.1) is 0 Å². The Morgan fingerprint density at radius 2 is 2.26 bits per heavy atom. The molecule has 2 unspecified atom stereocenters. The van der Waals surface area contributed by atoms with E-state index in [9.17, 15) is 0 Å². The number of ether oxygens (including phenoxy) is 1. The molecule has 5 heteroatoms. The Bertz CT molecular complexity index is 527. The Morgan fingerprint density at radius 3 is 3.11 bits per heavy atom. The summed E-state index contributed by atoms with van der Waals surface area (Å²) < 4.78 is 10.5. The summed E-state index contributed by atoms with van der Waals surface area (Å²) in [4.78, 5) is 4.02. The third-order valence-electron chi connectivity index (χ3n) is 3.44. The highest BCUT2D eigenvalue weighted by atomic mass is 16.5. The minimum absolute atomic E-state index is 0.317. The first-order valence-electron chi connectivity index (χ1n) is 6.55. The molecule has 5 nitrogen and oxygen atoms in total. The maximum absolute atomic E-state index is 5.74. The fraction of sp³-hybridized carbons (Fsp3) is 0.429. The van der Waals surface area contributed by atoms with E-state index in [1.54, 1.807) is 0 Å². The number of hydrogen-bond acceptors (Lipinski definition) is 5. The van der Waals surface area contributed by atoms with E-state index in [0.29, 0.717) is 12.0 Å². The van der Waals surface area contributed by atoms with Gasteiger partial charge in [-0.25, -0.2) is 0 Å². The molecule has 2 aromatic rings. The van der Waals surface area contributed by atoms with E-state index in [4.69, 9.17) is 9.26 Å². The molecule has 1 aliphatic heterocycles. The monoisotopic (exact) mass is 259 g/mol. The molecule has 1 N–H and O–H groups in total. The minimum Gasteiger partial charge on any atom is -0.493 e. The van der Waals surface area contributed by atoms with Crippen molar-refractivity contribution >= 4 is 0 Å². The molecule has 0 saturated carbocycles. The maximum atomic E-state index is 5.74. The molecule has 1 aromatic heterocycles. The largest absolute Gasteiger partial charge is 0.493 e. The molecule has 1 aromatic carbocycles. The van der Waals surface area contributed by atoms with E-state index < -0.39 is 0 Å². The molecular weight excluding hydrogens is 242 g/mol. The number of benzene rings is 1. The number of rotatable bonds is 4. The first kappa shape index (κ1) is 12.2. The van der Waals surface area contributed by atoms with Crippen molar-refractivity contribution in [3.8, 4) is 5.75 Å². The Labute approximate surface area is 112 Å². The van der Waals surface area contributed by atoms with E-state index in [1.165, 1.54) is 12.0 Å². The van der Waals surface area contributed by atoms with Gasteiger partial charge in [0.25, 0.3) is 0 Å². The van der Waals surface area contributed by atoms with Crippen LogP contribution in [0.25, 0.3) is 0 Å². The number of nitrogens with one attached hydrogen (secondary N) is 1. The first-order valence-corrected chi connectivity index (χ1v) is 6.55. The molecule has 0 amide bonds. The van der Waals surface area contributed by atoms with Gasteiger partial charge in [-0.1, -0.05) is 30.3 Å². The molecule has 0 spiro atoms. The van der Waals surface area contributed by atoms with Gasteiger partial charge in [0.05, 0.1) is 6.61 Å². The van der Waals surface area contributed by atoms with Gasteiger partial charge >= 0.3 is 0 Å². The van der Waals surface area contributed by atoms with Gasteiger partial charge in [0, 0.05) is 30.5 Å². The lowest BCUT2D eigenvalue weighted by Gasteiger charge is -2.32. The van der Waals surface area contributed by atoms with Gasteiger partial charge in [0.1, 0.15) is 5.75 Å². The summed E-state index contributed by atoms with van der Waals surface area (Å²) in [5.41, 5.74) is 1.23. The lowest BCUT2D eigenvalue weighted by atomic mass is 9.92. The molecule has 2 atom stereocenters. The zero-order chi connectivity index (χ0) is 13.1. The predicted molar refractivity (Wildman–Crippen MR) is 69.8 cm³/mol. The van der Waals surface area contributed by atoms with Gasteiger partial charge in [-0.2, -0.15) is 4.98 Å². The lowest BCUT2D eigenvalue weighted by Crippen LogP contribution is -2.35. The van der Waals surface area contributed by atoms with E-state index in [1.807, 2.05) is 18.2 Å². The first-order chi connectivity index (χ1) is 9.34. The van der Waals surface area contributed by atoms with Crippen LogP contribution >= 0.6 is 0 Å². The van der Waals surface area contributed by atoms with Crippen LogP contribution in [0.4, 0.5) is 0 Å². The van der Waals surface area contributed by atoms with Crippen LogP contribution in [0.3, 0.4) is 0 Å². The molecule has 2 heterocycles. The van der Waals surface area contributed by atoms with Gasteiger partial charge in [-0.3, -0.25) is 0 Å². The molecule has 0 bridgehead atoms. The van der Waals surface area contributed by atoms with Crippen molar-refractivity contribution < 1.29 is 9.26 Å². The molecule has 100 valence electrons. The van der Waals surface area contributed by atoms with Crippen LogP contribution in [0.5, 0.6) is 5.75 Å². The quantitative estimate of drug-likeness (QED) is 0.909. The Hall–Kier alpha value is -1.88. The maximum Gasteiger partial charge on any atom is 0.213 e. The molecule has 0 fully saturated rings. The molecule has 19 heavy (non-hydrogen) atoms. The van der Waals surface area contributed by atoms with Crippen LogP contribution < -0.4 is 10.1 Å². The lowest BCUT2D eigenvalue weighted by molar-refractivity contribution is 0.189. The van der Waals surface area contributed by atoms with Crippen molar-refractivity contribution in [3.05, 3.63) is 42.0 Å². The van der Waals surface area contributed by atoms with E-state index in [0.717, 1.165) is 31.1 Å². The topological polar surface area (TPSA) is 60.2 Å². The van der Waals surface area contributed by atoms with Crippen molar-refractivity contribution in [2.75, 3.05) is 13.2 Å². The van der Waals surface area contributed by atoms with E-state index in [-0.39, 0.29) is 0 Å². The SMILES string of the molecule is CC1COc2ccccc2C1NCCc1ncon1. The van der Waals surface area contributed by atoms with Crippen molar-refractivity contribution in [1.29, 1.82) is 0 Å². The summed E-state index contributed by atoms with van der Waals surface area (Å²) in [6.45, 7) is 3.77. The van der Waals surface area contributed by atoms with Crippen LogP contribution in [0.1, 0.15) is 24.4 Å².